The first kappa shape index (κ1) is 14.6. The number of halogens is 1. The number of benzene rings is 1. The zero-order valence-corrected chi connectivity index (χ0v) is 12.6. The van der Waals surface area contributed by atoms with Crippen LogP contribution in [0.15, 0.2) is 24.3 Å². The highest BCUT2D eigenvalue weighted by molar-refractivity contribution is 7.80. The van der Waals surface area contributed by atoms with Gasteiger partial charge in [-0.3, -0.25) is 0 Å². The van der Waals surface area contributed by atoms with Crippen LogP contribution in [0.1, 0.15) is 19.3 Å². The van der Waals surface area contributed by atoms with Crippen LogP contribution in [-0.4, -0.2) is 36.2 Å². The van der Waals surface area contributed by atoms with E-state index >= 15 is 0 Å². The highest BCUT2D eigenvalue weighted by Gasteiger charge is 2.10. The van der Waals surface area contributed by atoms with E-state index < -0.39 is 0 Å². The number of nitrogens with zero attached hydrogens (tertiary/aromatic N) is 1. The zero-order valence-electron chi connectivity index (χ0n) is 11.0. The SMILES string of the molecule is S=C(NCCCN1CCCC1)Nc1ccccc1Cl. The van der Waals surface area contributed by atoms with Crippen LogP contribution < -0.4 is 10.6 Å². The molecule has 1 aliphatic heterocycles. The molecule has 0 amide bonds. The van der Waals surface area contributed by atoms with Crippen molar-refractivity contribution >= 4 is 34.6 Å². The number of thiocarbonyl (C=S) groups is 1. The number of rotatable bonds is 5. The molecule has 2 rings (SSSR count). The van der Waals surface area contributed by atoms with E-state index in [2.05, 4.69) is 15.5 Å². The topological polar surface area (TPSA) is 27.3 Å². The summed E-state index contributed by atoms with van der Waals surface area (Å²) in [7, 11) is 0. The summed E-state index contributed by atoms with van der Waals surface area (Å²) in [5.41, 5.74) is 0.848. The highest BCUT2D eigenvalue weighted by atomic mass is 35.5. The molecule has 1 heterocycles. The van der Waals surface area contributed by atoms with E-state index in [1.807, 2.05) is 24.3 Å². The van der Waals surface area contributed by atoms with Crippen molar-refractivity contribution in [3.05, 3.63) is 29.3 Å². The molecule has 104 valence electrons. The van der Waals surface area contributed by atoms with Crippen molar-refractivity contribution in [1.82, 2.24) is 10.2 Å². The standard InChI is InChI=1S/C14H20ClN3S/c15-12-6-1-2-7-13(12)17-14(19)16-8-5-11-18-9-3-4-10-18/h1-2,6-7H,3-5,8-11H2,(H2,16,17,19). The molecule has 5 heteroatoms. The van der Waals surface area contributed by atoms with Gasteiger partial charge in [-0.2, -0.15) is 0 Å². The molecule has 0 atom stereocenters. The van der Waals surface area contributed by atoms with Gasteiger partial charge < -0.3 is 15.5 Å². The number of hydrogen-bond donors (Lipinski definition) is 2. The second kappa shape index (κ2) is 7.68. The van der Waals surface area contributed by atoms with Crippen LogP contribution in [0.3, 0.4) is 0 Å². The van der Waals surface area contributed by atoms with Crippen LogP contribution in [0, 0.1) is 0 Å². The molecule has 19 heavy (non-hydrogen) atoms. The van der Waals surface area contributed by atoms with Crippen molar-refractivity contribution in [1.29, 1.82) is 0 Å². The highest BCUT2D eigenvalue weighted by Crippen LogP contribution is 2.20. The Morgan fingerprint density at radius 3 is 2.74 bits per heavy atom. The normalized spacial score (nSPS) is 15.4. The van der Waals surface area contributed by atoms with Gasteiger partial charge in [0.1, 0.15) is 0 Å². The molecule has 0 unspecified atom stereocenters. The Labute approximate surface area is 125 Å². The fourth-order valence-electron chi connectivity index (χ4n) is 2.24. The maximum Gasteiger partial charge on any atom is 0.170 e. The van der Waals surface area contributed by atoms with E-state index in [1.54, 1.807) is 0 Å². The molecule has 1 fully saturated rings. The maximum atomic E-state index is 6.06. The number of para-hydroxylation sites is 1. The largest absolute Gasteiger partial charge is 0.362 e. The van der Waals surface area contributed by atoms with Crippen LogP contribution in [0.4, 0.5) is 5.69 Å². The second-order valence-corrected chi connectivity index (χ2v) is 5.58. The van der Waals surface area contributed by atoms with Crippen molar-refractivity contribution in [3.8, 4) is 0 Å². The van der Waals surface area contributed by atoms with Crippen LogP contribution in [0.5, 0.6) is 0 Å². The molecule has 0 aliphatic carbocycles. The third-order valence-electron chi connectivity index (χ3n) is 3.26. The van der Waals surface area contributed by atoms with E-state index in [0.29, 0.717) is 10.1 Å². The first-order valence-corrected chi connectivity index (χ1v) is 7.56. The molecule has 0 bridgehead atoms. The first-order chi connectivity index (χ1) is 9.25. The van der Waals surface area contributed by atoms with E-state index in [1.165, 1.54) is 25.9 Å². The molecule has 0 radical (unpaired) electrons. The molecule has 3 nitrogen and oxygen atoms in total. The third kappa shape index (κ3) is 4.97. The lowest BCUT2D eigenvalue weighted by Crippen LogP contribution is -2.31. The summed E-state index contributed by atoms with van der Waals surface area (Å²) >= 11 is 11.3. The van der Waals surface area contributed by atoms with Gasteiger partial charge in [-0.15, -0.1) is 0 Å². The fraction of sp³-hybridized carbons (Fsp3) is 0.500. The zero-order chi connectivity index (χ0) is 13.5. The van der Waals surface area contributed by atoms with Crippen LogP contribution in [0.2, 0.25) is 5.02 Å². The third-order valence-corrected chi connectivity index (χ3v) is 3.83. The van der Waals surface area contributed by atoms with Crippen LogP contribution >= 0.6 is 23.8 Å². The summed E-state index contributed by atoms with van der Waals surface area (Å²) in [4.78, 5) is 2.51. The average Bonchev–Trinajstić information content (AvgIpc) is 2.91. The summed E-state index contributed by atoms with van der Waals surface area (Å²) < 4.78 is 0. The minimum atomic E-state index is 0.634. The molecule has 1 saturated heterocycles. The van der Waals surface area contributed by atoms with Gasteiger partial charge in [0.05, 0.1) is 10.7 Å². The first-order valence-electron chi connectivity index (χ1n) is 6.77. The molecule has 0 spiro atoms. The van der Waals surface area contributed by atoms with Gasteiger partial charge in [0, 0.05) is 6.54 Å². The molecule has 2 N–H and O–H groups in total. The Morgan fingerprint density at radius 1 is 1.26 bits per heavy atom. The summed E-state index contributed by atoms with van der Waals surface area (Å²) in [5.74, 6) is 0. The summed E-state index contributed by atoms with van der Waals surface area (Å²) in [5, 5.41) is 7.65. The van der Waals surface area contributed by atoms with Crippen molar-refractivity contribution in [3.63, 3.8) is 0 Å². The van der Waals surface area contributed by atoms with Gasteiger partial charge in [-0.05, 0) is 63.2 Å². The number of likely N-dealkylation sites (tertiary alicyclic amines) is 1. The van der Waals surface area contributed by atoms with Crippen LogP contribution in [0.25, 0.3) is 0 Å². The molecule has 1 aromatic carbocycles. The van der Waals surface area contributed by atoms with Crippen LogP contribution in [-0.2, 0) is 0 Å². The Kier molecular flexibility index (Phi) is 5.89. The van der Waals surface area contributed by atoms with Crippen molar-refractivity contribution < 1.29 is 0 Å². The summed E-state index contributed by atoms with van der Waals surface area (Å²) in [6, 6.07) is 7.60. The Morgan fingerprint density at radius 2 is 2.00 bits per heavy atom. The minimum Gasteiger partial charge on any atom is -0.362 e. The number of anilines is 1. The van der Waals surface area contributed by atoms with Gasteiger partial charge in [-0.1, -0.05) is 23.7 Å². The van der Waals surface area contributed by atoms with Gasteiger partial charge in [0.25, 0.3) is 0 Å². The van der Waals surface area contributed by atoms with E-state index in [0.717, 1.165) is 25.2 Å². The van der Waals surface area contributed by atoms with Gasteiger partial charge in [0.2, 0.25) is 0 Å². The van der Waals surface area contributed by atoms with Crippen molar-refractivity contribution in [2.75, 3.05) is 31.5 Å². The minimum absolute atomic E-state index is 0.634. The predicted molar refractivity (Wildman–Crippen MR) is 86.0 cm³/mol. The van der Waals surface area contributed by atoms with Gasteiger partial charge in [0.15, 0.2) is 5.11 Å². The Hall–Kier alpha value is -0.840. The Balaban J connectivity index is 1.63. The Bertz CT molecular complexity index is 419. The number of nitrogens with one attached hydrogen (secondary N) is 2. The molecule has 1 aromatic rings. The molecular weight excluding hydrogens is 278 g/mol. The van der Waals surface area contributed by atoms with Crippen molar-refractivity contribution in [2.45, 2.75) is 19.3 Å². The molecule has 0 saturated carbocycles. The molecule has 0 aromatic heterocycles. The van der Waals surface area contributed by atoms with E-state index in [4.69, 9.17) is 23.8 Å². The van der Waals surface area contributed by atoms with Crippen molar-refractivity contribution in [2.24, 2.45) is 0 Å². The lowest BCUT2D eigenvalue weighted by atomic mass is 10.3. The van der Waals surface area contributed by atoms with E-state index in [9.17, 15) is 0 Å². The maximum absolute atomic E-state index is 6.06. The summed E-state index contributed by atoms with van der Waals surface area (Å²) in [6.45, 7) is 4.55. The quantitative estimate of drug-likeness (QED) is 0.645. The number of hydrogen-bond acceptors (Lipinski definition) is 2. The smallest absolute Gasteiger partial charge is 0.170 e. The lowest BCUT2D eigenvalue weighted by Gasteiger charge is -2.15. The van der Waals surface area contributed by atoms with Gasteiger partial charge in [-0.25, -0.2) is 0 Å². The lowest BCUT2D eigenvalue weighted by molar-refractivity contribution is 0.334. The molecule has 1 aliphatic rings. The summed E-state index contributed by atoms with van der Waals surface area (Å²) in [6.07, 6.45) is 3.81. The second-order valence-electron chi connectivity index (χ2n) is 4.76. The van der Waals surface area contributed by atoms with Gasteiger partial charge >= 0.3 is 0 Å². The monoisotopic (exact) mass is 297 g/mol. The fourth-order valence-corrected chi connectivity index (χ4v) is 2.63. The van der Waals surface area contributed by atoms with E-state index in [-0.39, 0.29) is 0 Å². The average molecular weight is 298 g/mol. The predicted octanol–water partition coefficient (Wildman–Crippen LogP) is 3.11. The molecular formula is C14H20ClN3S.